The molecule has 3 aliphatic rings. The van der Waals surface area contributed by atoms with Crippen LogP contribution in [0.25, 0.3) is 11.5 Å². The van der Waals surface area contributed by atoms with Crippen LogP contribution in [0.15, 0.2) is 53.1 Å². The number of aromatic nitrogens is 2. The number of methoxy groups -OCH3 is 1. The summed E-state index contributed by atoms with van der Waals surface area (Å²) in [5, 5.41) is 4.13. The van der Waals surface area contributed by atoms with Crippen molar-refractivity contribution in [1.29, 1.82) is 0 Å². The number of nitrogens with zero attached hydrogens (tertiary/aromatic N) is 3. The van der Waals surface area contributed by atoms with Crippen LogP contribution in [-0.2, 0) is 10.2 Å². The molecule has 3 fully saturated rings. The van der Waals surface area contributed by atoms with Crippen molar-refractivity contribution in [3.8, 4) is 23.0 Å². The van der Waals surface area contributed by atoms with Crippen molar-refractivity contribution < 1.29 is 18.8 Å². The number of likely N-dealkylation sites (tertiary alicyclic amines) is 1. The number of rotatable bonds is 7. The fourth-order valence-corrected chi connectivity index (χ4v) is 4.75. The number of amides is 1. The Morgan fingerprint density at radius 1 is 1.09 bits per heavy atom. The summed E-state index contributed by atoms with van der Waals surface area (Å²) in [5.74, 6) is 3.45. The molecular weight excluding hydrogens is 418 g/mol. The van der Waals surface area contributed by atoms with Crippen LogP contribution in [0.5, 0.6) is 11.5 Å². The van der Waals surface area contributed by atoms with Gasteiger partial charge in [0.1, 0.15) is 17.6 Å². The molecule has 0 N–H and O–H groups in total. The zero-order valence-electron chi connectivity index (χ0n) is 18.7. The molecule has 1 aliphatic heterocycles. The number of para-hydroxylation sites is 1. The monoisotopic (exact) mass is 445 g/mol. The van der Waals surface area contributed by atoms with Gasteiger partial charge in [-0.2, -0.15) is 4.98 Å². The Morgan fingerprint density at radius 3 is 2.61 bits per heavy atom. The molecule has 7 nitrogen and oxygen atoms in total. The van der Waals surface area contributed by atoms with Gasteiger partial charge in [-0.05, 0) is 55.5 Å². The first-order valence-corrected chi connectivity index (χ1v) is 11.7. The average Bonchev–Trinajstić information content (AvgIpc) is 3.77. The van der Waals surface area contributed by atoms with Crippen LogP contribution in [0.3, 0.4) is 0 Å². The predicted octanol–water partition coefficient (Wildman–Crippen LogP) is 4.33. The van der Waals surface area contributed by atoms with Gasteiger partial charge in [0, 0.05) is 18.9 Å². The lowest BCUT2D eigenvalue weighted by atomic mass is 9.94. The van der Waals surface area contributed by atoms with Crippen molar-refractivity contribution in [2.45, 2.75) is 49.5 Å². The number of benzene rings is 2. The molecule has 1 aromatic heterocycles. The van der Waals surface area contributed by atoms with E-state index in [4.69, 9.17) is 14.0 Å². The van der Waals surface area contributed by atoms with Gasteiger partial charge in [-0.1, -0.05) is 29.4 Å². The largest absolute Gasteiger partial charge is 0.497 e. The van der Waals surface area contributed by atoms with E-state index in [1.165, 1.54) is 0 Å². The smallest absolute Gasteiger partial charge is 0.261 e. The van der Waals surface area contributed by atoms with Gasteiger partial charge in [-0.25, -0.2) is 0 Å². The zero-order valence-corrected chi connectivity index (χ0v) is 18.7. The topological polar surface area (TPSA) is 77.7 Å². The van der Waals surface area contributed by atoms with Crippen LogP contribution >= 0.6 is 0 Å². The predicted molar refractivity (Wildman–Crippen MR) is 121 cm³/mol. The van der Waals surface area contributed by atoms with Crippen LogP contribution in [0.1, 0.15) is 49.4 Å². The maximum atomic E-state index is 13.4. The first-order valence-electron chi connectivity index (χ1n) is 11.7. The van der Waals surface area contributed by atoms with E-state index in [1.807, 2.05) is 53.4 Å². The molecule has 170 valence electrons. The molecule has 7 heteroatoms. The number of carbonyl (C=O) groups is 1. The second kappa shape index (κ2) is 7.90. The van der Waals surface area contributed by atoms with Crippen molar-refractivity contribution >= 4 is 5.91 Å². The molecule has 2 aromatic carbocycles. The Bertz CT molecular complexity index is 1160. The number of hydrogen-bond donors (Lipinski definition) is 0. The van der Waals surface area contributed by atoms with Crippen molar-refractivity contribution in [2.24, 2.45) is 0 Å². The fourth-order valence-electron chi connectivity index (χ4n) is 4.75. The lowest BCUT2D eigenvalue weighted by Crippen LogP contribution is -2.38. The van der Waals surface area contributed by atoms with E-state index >= 15 is 0 Å². The molecule has 1 saturated heterocycles. The molecule has 2 saturated carbocycles. The van der Waals surface area contributed by atoms with E-state index in [0.717, 1.165) is 60.6 Å². The van der Waals surface area contributed by atoms with Crippen LogP contribution in [-0.4, -0.2) is 47.3 Å². The van der Waals surface area contributed by atoms with Crippen LogP contribution < -0.4 is 9.47 Å². The first-order chi connectivity index (χ1) is 16.2. The maximum Gasteiger partial charge on any atom is 0.261 e. The van der Waals surface area contributed by atoms with Gasteiger partial charge in [0.2, 0.25) is 5.91 Å². The normalized spacial score (nSPS) is 21.1. The van der Waals surface area contributed by atoms with E-state index < -0.39 is 0 Å². The molecule has 1 atom stereocenters. The summed E-state index contributed by atoms with van der Waals surface area (Å²) in [6.45, 7) is 1.29. The minimum Gasteiger partial charge on any atom is -0.497 e. The Hall–Kier alpha value is -3.35. The lowest BCUT2D eigenvalue weighted by Gasteiger charge is -2.24. The third kappa shape index (κ3) is 3.75. The summed E-state index contributed by atoms with van der Waals surface area (Å²) in [7, 11) is 1.65. The fraction of sp³-hybridized carbons (Fsp3) is 0.423. The van der Waals surface area contributed by atoms with Gasteiger partial charge in [-0.15, -0.1) is 0 Å². The zero-order chi connectivity index (χ0) is 22.4. The summed E-state index contributed by atoms with van der Waals surface area (Å²) >= 11 is 0. The summed E-state index contributed by atoms with van der Waals surface area (Å²) in [6.07, 6.45) is 4.78. The molecule has 1 amide bonds. The highest BCUT2D eigenvalue weighted by Crippen LogP contribution is 2.50. The van der Waals surface area contributed by atoms with Crippen LogP contribution in [0, 0.1) is 0 Å². The number of hydrogen-bond acceptors (Lipinski definition) is 6. The summed E-state index contributed by atoms with van der Waals surface area (Å²) in [4.78, 5) is 20.0. The minimum atomic E-state index is -0.387. The van der Waals surface area contributed by atoms with Crippen LogP contribution in [0.2, 0.25) is 0 Å². The van der Waals surface area contributed by atoms with Gasteiger partial charge in [-0.3, -0.25) is 4.79 Å². The van der Waals surface area contributed by atoms with E-state index in [9.17, 15) is 4.79 Å². The number of ether oxygens (including phenoxy) is 2. The second-order valence-electron chi connectivity index (χ2n) is 9.32. The van der Waals surface area contributed by atoms with Crippen molar-refractivity contribution in [1.82, 2.24) is 15.0 Å². The van der Waals surface area contributed by atoms with Gasteiger partial charge < -0.3 is 18.9 Å². The van der Waals surface area contributed by atoms with Gasteiger partial charge in [0.25, 0.3) is 5.89 Å². The SMILES string of the molecule is COc1ccc(C2(C(=O)N3CCC(Oc4ccccc4-c4nc(C5CC5)no4)C3)CC2)cc1. The molecule has 2 aliphatic carbocycles. The Morgan fingerprint density at radius 2 is 1.88 bits per heavy atom. The van der Waals surface area contributed by atoms with E-state index in [2.05, 4.69) is 10.1 Å². The molecule has 3 aromatic rings. The van der Waals surface area contributed by atoms with Gasteiger partial charge >= 0.3 is 0 Å². The van der Waals surface area contributed by atoms with Crippen molar-refractivity contribution in [2.75, 3.05) is 20.2 Å². The quantitative estimate of drug-likeness (QED) is 0.539. The molecule has 0 radical (unpaired) electrons. The summed E-state index contributed by atoms with van der Waals surface area (Å²) in [5.41, 5.74) is 1.49. The third-order valence-corrected chi connectivity index (χ3v) is 7.03. The Kier molecular flexibility index (Phi) is 4.85. The molecule has 1 unspecified atom stereocenters. The Labute approximate surface area is 192 Å². The molecule has 6 rings (SSSR count). The molecule has 0 bridgehead atoms. The van der Waals surface area contributed by atoms with E-state index in [-0.39, 0.29) is 17.4 Å². The van der Waals surface area contributed by atoms with Gasteiger partial charge in [0.15, 0.2) is 5.82 Å². The first kappa shape index (κ1) is 20.3. The van der Waals surface area contributed by atoms with Gasteiger partial charge in [0.05, 0.1) is 24.6 Å². The second-order valence-corrected chi connectivity index (χ2v) is 9.32. The van der Waals surface area contributed by atoms with E-state index in [1.54, 1.807) is 7.11 Å². The highest BCUT2D eigenvalue weighted by atomic mass is 16.5. The third-order valence-electron chi connectivity index (χ3n) is 7.03. The number of carbonyl (C=O) groups excluding carboxylic acids is 1. The summed E-state index contributed by atoms with van der Waals surface area (Å²) < 4.78 is 17.1. The van der Waals surface area contributed by atoms with Crippen molar-refractivity contribution in [3.63, 3.8) is 0 Å². The standard InChI is InChI=1S/C26H27N3O4/c1-31-19-10-8-18(9-11-19)26(13-14-26)25(30)29-15-12-20(16-29)32-22-5-3-2-4-21(22)24-27-23(28-33-24)17-6-7-17/h2-5,8-11,17,20H,6-7,12-16H2,1H3. The summed E-state index contributed by atoms with van der Waals surface area (Å²) in [6, 6.07) is 15.7. The minimum absolute atomic E-state index is 0.0624. The molecular formula is C26H27N3O4. The maximum absolute atomic E-state index is 13.4. The molecule has 33 heavy (non-hydrogen) atoms. The highest BCUT2D eigenvalue weighted by molar-refractivity contribution is 5.91. The molecule has 2 heterocycles. The van der Waals surface area contributed by atoms with E-state index in [0.29, 0.717) is 24.9 Å². The van der Waals surface area contributed by atoms with Crippen LogP contribution in [0.4, 0.5) is 0 Å². The highest BCUT2D eigenvalue weighted by Gasteiger charge is 2.53. The average molecular weight is 446 g/mol. The lowest BCUT2D eigenvalue weighted by molar-refractivity contribution is -0.133. The van der Waals surface area contributed by atoms with Crippen molar-refractivity contribution in [3.05, 3.63) is 59.9 Å². The molecule has 0 spiro atoms. The Balaban J connectivity index is 1.15.